The van der Waals surface area contributed by atoms with Crippen LogP contribution >= 0.6 is 0 Å². The Kier molecular flexibility index (Phi) is 4.63. The normalized spacial score (nSPS) is 25.0. The third kappa shape index (κ3) is 3.58. The van der Waals surface area contributed by atoms with Gasteiger partial charge in [-0.05, 0) is 37.9 Å². The lowest BCUT2D eigenvalue weighted by atomic mass is 9.78. The van der Waals surface area contributed by atoms with E-state index < -0.39 is 0 Å². The van der Waals surface area contributed by atoms with Gasteiger partial charge < -0.3 is 14.5 Å². The van der Waals surface area contributed by atoms with E-state index in [1.807, 2.05) is 6.07 Å². The molecule has 3 nitrogen and oxygen atoms in total. The van der Waals surface area contributed by atoms with Crippen molar-refractivity contribution in [2.75, 3.05) is 26.3 Å². The lowest BCUT2D eigenvalue weighted by Gasteiger charge is -2.36. The lowest BCUT2D eigenvalue weighted by Crippen LogP contribution is -2.42. The van der Waals surface area contributed by atoms with E-state index in [-0.39, 0.29) is 5.41 Å². The van der Waals surface area contributed by atoms with Crippen molar-refractivity contribution in [3.63, 3.8) is 0 Å². The molecule has 1 aliphatic rings. The second-order valence-electron chi connectivity index (χ2n) is 5.09. The smallest absolute Gasteiger partial charge is 0.104 e. The first-order chi connectivity index (χ1) is 8.35. The van der Waals surface area contributed by atoms with Crippen molar-refractivity contribution in [1.29, 1.82) is 0 Å². The molecular weight excluding hydrogens is 214 g/mol. The molecule has 1 N–H and O–H groups in total. The van der Waals surface area contributed by atoms with Crippen LogP contribution < -0.4 is 5.32 Å². The Bertz CT molecular complexity index is 302. The minimum absolute atomic E-state index is 0.227. The topological polar surface area (TPSA) is 34.4 Å². The summed E-state index contributed by atoms with van der Waals surface area (Å²) in [7, 11) is 0. The summed E-state index contributed by atoms with van der Waals surface area (Å²) in [6.07, 6.45) is 6.31. The molecule has 0 aliphatic carbocycles. The SMILES string of the molecule is CCCNCC1(Cc2ccco2)CCCOC1. The Morgan fingerprint density at radius 3 is 3.06 bits per heavy atom. The number of hydrogen-bond donors (Lipinski definition) is 1. The molecule has 2 heterocycles. The molecule has 1 unspecified atom stereocenters. The highest BCUT2D eigenvalue weighted by Gasteiger charge is 2.33. The molecule has 1 aliphatic heterocycles. The van der Waals surface area contributed by atoms with Crippen LogP contribution in [0.2, 0.25) is 0 Å². The molecule has 1 fully saturated rings. The van der Waals surface area contributed by atoms with Crippen molar-refractivity contribution in [1.82, 2.24) is 5.32 Å². The Labute approximate surface area is 104 Å². The maximum atomic E-state index is 5.68. The molecule has 0 spiro atoms. The van der Waals surface area contributed by atoms with E-state index >= 15 is 0 Å². The predicted octanol–water partition coefficient (Wildman–Crippen LogP) is 2.62. The zero-order valence-corrected chi connectivity index (χ0v) is 10.7. The van der Waals surface area contributed by atoms with Crippen molar-refractivity contribution in [3.8, 4) is 0 Å². The minimum Gasteiger partial charge on any atom is -0.469 e. The van der Waals surface area contributed by atoms with Crippen LogP contribution in [0.5, 0.6) is 0 Å². The molecule has 1 aromatic rings. The average Bonchev–Trinajstić information content (AvgIpc) is 2.83. The molecule has 17 heavy (non-hydrogen) atoms. The summed E-state index contributed by atoms with van der Waals surface area (Å²) in [6, 6.07) is 4.03. The zero-order valence-electron chi connectivity index (χ0n) is 10.7. The van der Waals surface area contributed by atoms with E-state index in [1.54, 1.807) is 6.26 Å². The predicted molar refractivity (Wildman–Crippen MR) is 68.1 cm³/mol. The fourth-order valence-corrected chi connectivity index (χ4v) is 2.56. The largest absolute Gasteiger partial charge is 0.469 e. The number of nitrogens with one attached hydrogen (secondary N) is 1. The maximum absolute atomic E-state index is 5.68. The molecular formula is C14H23NO2. The Morgan fingerprint density at radius 2 is 2.41 bits per heavy atom. The van der Waals surface area contributed by atoms with Gasteiger partial charge in [0.25, 0.3) is 0 Å². The van der Waals surface area contributed by atoms with Gasteiger partial charge in [-0.2, -0.15) is 0 Å². The van der Waals surface area contributed by atoms with Gasteiger partial charge in [0.1, 0.15) is 5.76 Å². The maximum Gasteiger partial charge on any atom is 0.104 e. The molecule has 3 heteroatoms. The highest BCUT2D eigenvalue weighted by Crippen LogP contribution is 2.32. The van der Waals surface area contributed by atoms with Gasteiger partial charge in [-0.25, -0.2) is 0 Å². The van der Waals surface area contributed by atoms with Gasteiger partial charge in [-0.3, -0.25) is 0 Å². The Hall–Kier alpha value is -0.800. The summed E-state index contributed by atoms with van der Waals surface area (Å²) in [5, 5.41) is 3.54. The highest BCUT2D eigenvalue weighted by molar-refractivity contribution is 5.03. The quantitative estimate of drug-likeness (QED) is 0.772. The van der Waals surface area contributed by atoms with Gasteiger partial charge in [-0.15, -0.1) is 0 Å². The molecule has 0 saturated carbocycles. The first-order valence-corrected chi connectivity index (χ1v) is 6.65. The van der Waals surface area contributed by atoms with Crippen molar-refractivity contribution in [3.05, 3.63) is 24.2 Å². The third-order valence-electron chi connectivity index (χ3n) is 3.46. The number of furan rings is 1. The van der Waals surface area contributed by atoms with E-state index in [0.717, 1.165) is 44.9 Å². The lowest BCUT2D eigenvalue weighted by molar-refractivity contribution is -0.00950. The standard InChI is InChI=1S/C14H23NO2/c1-2-7-15-11-14(6-4-8-16-12-14)10-13-5-3-9-17-13/h3,5,9,15H,2,4,6-8,10-12H2,1H3. The van der Waals surface area contributed by atoms with Gasteiger partial charge in [0, 0.05) is 25.0 Å². The third-order valence-corrected chi connectivity index (χ3v) is 3.46. The first kappa shape index (κ1) is 12.7. The van der Waals surface area contributed by atoms with Crippen LogP contribution in [0.25, 0.3) is 0 Å². The first-order valence-electron chi connectivity index (χ1n) is 6.65. The van der Waals surface area contributed by atoms with Crippen LogP contribution in [-0.4, -0.2) is 26.3 Å². The van der Waals surface area contributed by atoms with Gasteiger partial charge in [0.15, 0.2) is 0 Å². The van der Waals surface area contributed by atoms with E-state index in [2.05, 4.69) is 18.3 Å². The summed E-state index contributed by atoms with van der Waals surface area (Å²) < 4.78 is 11.2. The molecule has 0 aromatic carbocycles. The van der Waals surface area contributed by atoms with E-state index in [0.29, 0.717) is 0 Å². The second kappa shape index (κ2) is 6.22. The van der Waals surface area contributed by atoms with Crippen molar-refractivity contribution < 1.29 is 9.15 Å². The molecule has 1 atom stereocenters. The average molecular weight is 237 g/mol. The fraction of sp³-hybridized carbons (Fsp3) is 0.714. The van der Waals surface area contributed by atoms with Gasteiger partial charge in [0.05, 0.1) is 12.9 Å². The molecule has 2 rings (SSSR count). The van der Waals surface area contributed by atoms with Gasteiger partial charge in [-0.1, -0.05) is 6.92 Å². The van der Waals surface area contributed by atoms with Gasteiger partial charge >= 0.3 is 0 Å². The van der Waals surface area contributed by atoms with Crippen LogP contribution in [0, 0.1) is 5.41 Å². The second-order valence-corrected chi connectivity index (χ2v) is 5.09. The minimum atomic E-state index is 0.227. The number of rotatable bonds is 6. The Morgan fingerprint density at radius 1 is 1.47 bits per heavy atom. The summed E-state index contributed by atoms with van der Waals surface area (Å²) >= 11 is 0. The van der Waals surface area contributed by atoms with Crippen LogP contribution in [0.3, 0.4) is 0 Å². The zero-order chi connectivity index (χ0) is 12.0. The van der Waals surface area contributed by atoms with Crippen LogP contribution in [-0.2, 0) is 11.2 Å². The highest BCUT2D eigenvalue weighted by atomic mass is 16.5. The summed E-state index contributed by atoms with van der Waals surface area (Å²) in [4.78, 5) is 0. The van der Waals surface area contributed by atoms with E-state index in [9.17, 15) is 0 Å². The van der Waals surface area contributed by atoms with E-state index in [4.69, 9.17) is 9.15 Å². The monoisotopic (exact) mass is 237 g/mol. The molecule has 0 radical (unpaired) electrons. The Balaban J connectivity index is 1.95. The molecule has 0 bridgehead atoms. The van der Waals surface area contributed by atoms with Crippen LogP contribution in [0.1, 0.15) is 31.9 Å². The molecule has 1 saturated heterocycles. The van der Waals surface area contributed by atoms with Crippen molar-refractivity contribution in [2.45, 2.75) is 32.6 Å². The molecule has 1 aromatic heterocycles. The molecule has 0 amide bonds. The number of ether oxygens (including phenoxy) is 1. The summed E-state index contributed by atoms with van der Waals surface area (Å²) in [6.45, 7) is 6.07. The fourth-order valence-electron chi connectivity index (χ4n) is 2.56. The van der Waals surface area contributed by atoms with Crippen LogP contribution in [0.4, 0.5) is 0 Å². The van der Waals surface area contributed by atoms with Gasteiger partial charge in [0.2, 0.25) is 0 Å². The van der Waals surface area contributed by atoms with Crippen LogP contribution in [0.15, 0.2) is 22.8 Å². The van der Waals surface area contributed by atoms with Crippen molar-refractivity contribution >= 4 is 0 Å². The summed E-state index contributed by atoms with van der Waals surface area (Å²) in [5.74, 6) is 1.08. The van der Waals surface area contributed by atoms with Crippen molar-refractivity contribution in [2.24, 2.45) is 5.41 Å². The summed E-state index contributed by atoms with van der Waals surface area (Å²) in [5.41, 5.74) is 0.227. The number of hydrogen-bond acceptors (Lipinski definition) is 3. The molecule has 96 valence electrons. The van der Waals surface area contributed by atoms with E-state index in [1.165, 1.54) is 12.8 Å².